The van der Waals surface area contributed by atoms with Gasteiger partial charge < -0.3 is 10.6 Å². The van der Waals surface area contributed by atoms with Crippen molar-refractivity contribution in [3.63, 3.8) is 0 Å². The van der Waals surface area contributed by atoms with E-state index in [4.69, 9.17) is 0 Å². The number of piperidine rings is 1. The number of nitrogens with one attached hydrogen (secondary N) is 2. The van der Waals surface area contributed by atoms with E-state index >= 15 is 0 Å². The number of hydrogen-bond acceptors (Lipinski definition) is 2. The van der Waals surface area contributed by atoms with Crippen LogP contribution in [0.3, 0.4) is 0 Å². The molecule has 0 radical (unpaired) electrons. The lowest BCUT2D eigenvalue weighted by Gasteiger charge is -2.28. The van der Waals surface area contributed by atoms with Gasteiger partial charge in [0.05, 0.1) is 0 Å². The lowest BCUT2D eigenvalue weighted by Crippen LogP contribution is -2.38. The van der Waals surface area contributed by atoms with Gasteiger partial charge in [-0.1, -0.05) is 6.92 Å². The molecule has 2 N–H and O–H groups in total. The zero-order chi connectivity index (χ0) is 12.3. The Morgan fingerprint density at radius 1 is 1.29 bits per heavy atom. The Balaban J connectivity index is 1.69. The third kappa shape index (κ3) is 3.98. The van der Waals surface area contributed by atoms with Gasteiger partial charge in [0.2, 0.25) is 5.91 Å². The minimum absolute atomic E-state index is 0.252. The van der Waals surface area contributed by atoms with Crippen molar-refractivity contribution in [2.75, 3.05) is 13.1 Å². The first kappa shape index (κ1) is 12.9. The summed E-state index contributed by atoms with van der Waals surface area (Å²) in [4.78, 5) is 11.9. The van der Waals surface area contributed by atoms with Crippen LogP contribution in [-0.4, -0.2) is 25.0 Å². The maximum Gasteiger partial charge on any atom is 0.220 e. The van der Waals surface area contributed by atoms with Gasteiger partial charge in [-0.2, -0.15) is 0 Å². The molecule has 2 rings (SSSR count). The van der Waals surface area contributed by atoms with Crippen LogP contribution in [0.1, 0.15) is 46.0 Å². The molecule has 0 aromatic heterocycles. The smallest absolute Gasteiger partial charge is 0.220 e. The Morgan fingerprint density at radius 2 is 2.06 bits per heavy atom. The van der Waals surface area contributed by atoms with E-state index in [9.17, 15) is 4.79 Å². The predicted molar refractivity (Wildman–Crippen MR) is 69.7 cm³/mol. The van der Waals surface area contributed by atoms with Crippen LogP contribution in [0.25, 0.3) is 0 Å². The Morgan fingerprint density at radius 3 is 2.65 bits per heavy atom. The summed E-state index contributed by atoms with van der Waals surface area (Å²) in [6.45, 7) is 6.60. The fourth-order valence-corrected chi connectivity index (χ4v) is 2.85. The molecule has 98 valence electrons. The van der Waals surface area contributed by atoms with E-state index in [1.807, 2.05) is 0 Å². The van der Waals surface area contributed by atoms with E-state index in [0.29, 0.717) is 24.3 Å². The van der Waals surface area contributed by atoms with Crippen LogP contribution in [-0.2, 0) is 4.79 Å². The largest absolute Gasteiger partial charge is 0.353 e. The summed E-state index contributed by atoms with van der Waals surface area (Å²) in [6.07, 6.45) is 5.82. The Labute approximate surface area is 105 Å². The first-order valence-corrected chi connectivity index (χ1v) is 7.17. The van der Waals surface area contributed by atoms with Crippen molar-refractivity contribution >= 4 is 5.91 Å². The van der Waals surface area contributed by atoms with Gasteiger partial charge in [-0.3, -0.25) is 4.79 Å². The molecule has 3 nitrogen and oxygen atoms in total. The minimum Gasteiger partial charge on any atom is -0.353 e. The van der Waals surface area contributed by atoms with Crippen LogP contribution in [0.15, 0.2) is 0 Å². The maximum absolute atomic E-state index is 11.9. The number of carbonyl (C=O) groups excluding carboxylic acids is 1. The van der Waals surface area contributed by atoms with Crippen molar-refractivity contribution in [2.45, 2.75) is 52.0 Å². The van der Waals surface area contributed by atoms with Crippen LogP contribution < -0.4 is 10.6 Å². The molecule has 17 heavy (non-hydrogen) atoms. The summed E-state index contributed by atoms with van der Waals surface area (Å²) in [7, 11) is 0. The van der Waals surface area contributed by atoms with E-state index in [1.165, 1.54) is 25.7 Å². The SMILES string of the molecule is CC(CC(=O)NC(C)C1CC1)C1CCCNC1. The highest BCUT2D eigenvalue weighted by Gasteiger charge is 2.29. The van der Waals surface area contributed by atoms with Gasteiger partial charge in [-0.15, -0.1) is 0 Å². The van der Waals surface area contributed by atoms with Crippen molar-refractivity contribution in [2.24, 2.45) is 17.8 Å². The number of hydrogen-bond donors (Lipinski definition) is 2. The monoisotopic (exact) mass is 238 g/mol. The number of amides is 1. The summed E-state index contributed by atoms with van der Waals surface area (Å²) >= 11 is 0. The van der Waals surface area contributed by atoms with E-state index in [-0.39, 0.29) is 5.91 Å². The highest BCUT2D eigenvalue weighted by atomic mass is 16.1. The van der Waals surface area contributed by atoms with Gasteiger partial charge in [0.1, 0.15) is 0 Å². The molecule has 1 saturated heterocycles. The third-order valence-corrected chi connectivity index (χ3v) is 4.36. The van der Waals surface area contributed by atoms with Crippen molar-refractivity contribution in [3.8, 4) is 0 Å². The molecule has 1 aliphatic heterocycles. The van der Waals surface area contributed by atoms with Gasteiger partial charge in [0.25, 0.3) is 0 Å². The molecule has 0 aromatic carbocycles. The van der Waals surface area contributed by atoms with Gasteiger partial charge in [-0.05, 0) is 63.5 Å². The van der Waals surface area contributed by atoms with Crippen LogP contribution in [0, 0.1) is 17.8 Å². The first-order valence-electron chi connectivity index (χ1n) is 7.17. The molecule has 1 heterocycles. The van der Waals surface area contributed by atoms with E-state index in [2.05, 4.69) is 24.5 Å². The summed E-state index contributed by atoms with van der Waals surface area (Å²) in [5.74, 6) is 2.20. The average molecular weight is 238 g/mol. The number of rotatable bonds is 5. The minimum atomic E-state index is 0.252. The standard InChI is InChI=1S/C14H26N2O/c1-10(13-4-3-7-15-9-13)8-14(17)16-11(2)12-5-6-12/h10-13,15H,3-9H2,1-2H3,(H,16,17). The van der Waals surface area contributed by atoms with Crippen molar-refractivity contribution < 1.29 is 4.79 Å². The second kappa shape index (κ2) is 5.85. The molecule has 1 amide bonds. The lowest BCUT2D eigenvalue weighted by molar-refractivity contribution is -0.123. The number of carbonyl (C=O) groups is 1. The summed E-state index contributed by atoms with van der Waals surface area (Å²) in [5.41, 5.74) is 0. The lowest BCUT2D eigenvalue weighted by atomic mass is 9.85. The van der Waals surface area contributed by atoms with Crippen molar-refractivity contribution in [1.29, 1.82) is 0 Å². The van der Waals surface area contributed by atoms with Crippen molar-refractivity contribution in [3.05, 3.63) is 0 Å². The Bertz CT molecular complexity index is 257. The van der Waals surface area contributed by atoms with Crippen LogP contribution in [0.5, 0.6) is 0 Å². The Kier molecular flexibility index (Phi) is 4.43. The quantitative estimate of drug-likeness (QED) is 0.768. The molecule has 2 fully saturated rings. The molecule has 3 unspecified atom stereocenters. The third-order valence-electron chi connectivity index (χ3n) is 4.36. The maximum atomic E-state index is 11.9. The second-order valence-corrected chi connectivity index (χ2v) is 5.98. The second-order valence-electron chi connectivity index (χ2n) is 5.98. The van der Waals surface area contributed by atoms with Crippen molar-refractivity contribution in [1.82, 2.24) is 10.6 Å². The average Bonchev–Trinajstić information content (AvgIpc) is 3.13. The van der Waals surface area contributed by atoms with Gasteiger partial charge >= 0.3 is 0 Å². The van der Waals surface area contributed by atoms with Gasteiger partial charge in [0.15, 0.2) is 0 Å². The highest BCUT2D eigenvalue weighted by Crippen LogP contribution is 2.32. The van der Waals surface area contributed by atoms with Crippen LogP contribution in [0.4, 0.5) is 0 Å². The van der Waals surface area contributed by atoms with Gasteiger partial charge in [0, 0.05) is 12.5 Å². The zero-order valence-corrected chi connectivity index (χ0v) is 11.2. The summed E-state index contributed by atoms with van der Waals surface area (Å²) in [5, 5.41) is 6.58. The zero-order valence-electron chi connectivity index (χ0n) is 11.2. The summed E-state index contributed by atoms with van der Waals surface area (Å²) < 4.78 is 0. The predicted octanol–water partition coefficient (Wildman–Crippen LogP) is 1.93. The van der Waals surface area contributed by atoms with Gasteiger partial charge in [-0.25, -0.2) is 0 Å². The molecular weight excluding hydrogens is 212 g/mol. The fourth-order valence-electron chi connectivity index (χ4n) is 2.85. The van der Waals surface area contributed by atoms with Crippen LogP contribution >= 0.6 is 0 Å². The van der Waals surface area contributed by atoms with Crippen LogP contribution in [0.2, 0.25) is 0 Å². The topological polar surface area (TPSA) is 41.1 Å². The van der Waals surface area contributed by atoms with E-state index in [0.717, 1.165) is 19.0 Å². The molecule has 2 aliphatic rings. The molecule has 3 heteroatoms. The fraction of sp³-hybridized carbons (Fsp3) is 0.929. The molecule has 3 atom stereocenters. The molecule has 0 aromatic rings. The normalized spacial score (nSPS) is 28.5. The molecular formula is C14H26N2O. The molecule has 1 saturated carbocycles. The van der Waals surface area contributed by atoms with E-state index in [1.54, 1.807) is 0 Å². The first-order chi connectivity index (χ1) is 8.16. The molecule has 1 aliphatic carbocycles. The summed E-state index contributed by atoms with van der Waals surface area (Å²) in [6, 6.07) is 0.388. The molecule has 0 spiro atoms. The molecule has 0 bridgehead atoms. The highest BCUT2D eigenvalue weighted by molar-refractivity contribution is 5.76. The Hall–Kier alpha value is -0.570. The van der Waals surface area contributed by atoms with E-state index < -0.39 is 0 Å².